The molecule has 1 saturated heterocycles. The van der Waals surface area contributed by atoms with Crippen LogP contribution in [0.1, 0.15) is 18.5 Å². The molecule has 2 aliphatic rings. The first-order chi connectivity index (χ1) is 8.28. The van der Waals surface area contributed by atoms with Crippen LogP contribution >= 0.6 is 0 Å². The largest absolute Gasteiger partial charge is 0.371 e. The van der Waals surface area contributed by atoms with Crippen LogP contribution in [-0.2, 0) is 0 Å². The molecule has 2 heterocycles. The molecule has 0 radical (unpaired) electrons. The quantitative estimate of drug-likeness (QED) is 0.782. The summed E-state index contributed by atoms with van der Waals surface area (Å²) >= 11 is 0. The lowest BCUT2D eigenvalue weighted by molar-refractivity contribution is 0.453. The van der Waals surface area contributed by atoms with Crippen LogP contribution in [0.25, 0.3) is 0 Å². The molecule has 2 N–H and O–H groups in total. The molecule has 4 nitrogen and oxygen atoms in total. The van der Waals surface area contributed by atoms with Gasteiger partial charge in [-0.25, -0.2) is 4.98 Å². The van der Waals surface area contributed by atoms with Gasteiger partial charge in [0.15, 0.2) is 0 Å². The maximum Gasteiger partial charge on any atom is 0.142 e. The third-order valence-corrected chi connectivity index (χ3v) is 4.14. The molecule has 3 atom stereocenters. The topological polar surface area (TPSA) is 65.9 Å². The Bertz CT molecular complexity index is 465. The zero-order valence-electron chi connectivity index (χ0n) is 9.71. The second-order valence-electron chi connectivity index (χ2n) is 5.08. The van der Waals surface area contributed by atoms with Gasteiger partial charge in [-0.05, 0) is 36.8 Å². The minimum absolute atomic E-state index is 0.363. The van der Waals surface area contributed by atoms with Crippen molar-refractivity contribution in [1.29, 1.82) is 5.26 Å². The number of nitriles is 1. The van der Waals surface area contributed by atoms with Crippen LogP contribution in [-0.4, -0.2) is 24.1 Å². The highest BCUT2D eigenvalue weighted by atomic mass is 15.2. The Balaban J connectivity index is 1.81. The second-order valence-corrected chi connectivity index (χ2v) is 5.08. The fraction of sp³-hybridized carbons (Fsp3) is 0.538. The first kappa shape index (κ1) is 10.5. The zero-order valence-corrected chi connectivity index (χ0v) is 9.71. The number of aromatic nitrogens is 1. The number of hydrogen-bond acceptors (Lipinski definition) is 4. The van der Waals surface area contributed by atoms with Gasteiger partial charge in [-0.15, -0.1) is 0 Å². The molecule has 0 aromatic carbocycles. The molecule has 0 bridgehead atoms. The Hall–Kier alpha value is -1.60. The monoisotopic (exact) mass is 228 g/mol. The zero-order chi connectivity index (χ0) is 11.8. The minimum atomic E-state index is 0.363. The van der Waals surface area contributed by atoms with Gasteiger partial charge in [-0.1, -0.05) is 0 Å². The van der Waals surface area contributed by atoms with Crippen molar-refractivity contribution >= 4 is 5.69 Å². The van der Waals surface area contributed by atoms with E-state index in [4.69, 9.17) is 11.0 Å². The van der Waals surface area contributed by atoms with E-state index in [1.807, 2.05) is 12.1 Å². The molecular formula is C13H16N4. The minimum Gasteiger partial charge on any atom is -0.371 e. The summed E-state index contributed by atoms with van der Waals surface area (Å²) in [6.07, 6.45) is 4.13. The van der Waals surface area contributed by atoms with E-state index in [-0.39, 0.29) is 0 Å². The number of nitrogens with zero attached hydrogens (tertiary/aromatic N) is 3. The van der Waals surface area contributed by atoms with Crippen molar-refractivity contribution < 1.29 is 0 Å². The molecule has 1 aliphatic heterocycles. The van der Waals surface area contributed by atoms with E-state index in [0.717, 1.165) is 24.7 Å². The smallest absolute Gasteiger partial charge is 0.142 e. The average molecular weight is 228 g/mol. The number of fused-ring (bicyclic) bond motifs is 1. The van der Waals surface area contributed by atoms with Crippen molar-refractivity contribution in [1.82, 2.24) is 4.98 Å². The van der Waals surface area contributed by atoms with Crippen LogP contribution in [0.2, 0.25) is 0 Å². The van der Waals surface area contributed by atoms with E-state index in [9.17, 15) is 0 Å². The Morgan fingerprint density at radius 2 is 2.29 bits per heavy atom. The lowest BCUT2D eigenvalue weighted by atomic mass is 9.98. The standard InChI is InChI=1S/C13H16N4/c14-6-10-5-11(3-4-16-10)17-7-9-1-2-13(15)12(9)8-17/h3-5,9,12-13H,1-2,7-8,15H2. The number of rotatable bonds is 1. The van der Waals surface area contributed by atoms with Crippen molar-refractivity contribution in [2.75, 3.05) is 18.0 Å². The van der Waals surface area contributed by atoms with E-state index in [0.29, 0.717) is 17.7 Å². The van der Waals surface area contributed by atoms with Crippen LogP contribution < -0.4 is 10.6 Å². The Morgan fingerprint density at radius 3 is 3.06 bits per heavy atom. The highest BCUT2D eigenvalue weighted by Crippen LogP contribution is 2.38. The summed E-state index contributed by atoms with van der Waals surface area (Å²) in [5, 5.41) is 8.86. The normalized spacial score (nSPS) is 31.3. The lowest BCUT2D eigenvalue weighted by Gasteiger charge is -2.20. The predicted octanol–water partition coefficient (Wildman–Crippen LogP) is 1.13. The summed E-state index contributed by atoms with van der Waals surface area (Å²) in [5.41, 5.74) is 7.72. The fourth-order valence-corrected chi connectivity index (χ4v) is 3.20. The van der Waals surface area contributed by atoms with Gasteiger partial charge in [0.2, 0.25) is 0 Å². The van der Waals surface area contributed by atoms with Crippen molar-refractivity contribution in [2.45, 2.75) is 18.9 Å². The van der Waals surface area contributed by atoms with Crippen LogP contribution in [0.5, 0.6) is 0 Å². The molecule has 17 heavy (non-hydrogen) atoms. The van der Waals surface area contributed by atoms with Gasteiger partial charge in [0.25, 0.3) is 0 Å². The van der Waals surface area contributed by atoms with Crippen LogP contribution in [0, 0.1) is 23.2 Å². The Kier molecular flexibility index (Phi) is 2.49. The van der Waals surface area contributed by atoms with E-state index < -0.39 is 0 Å². The highest BCUT2D eigenvalue weighted by Gasteiger charge is 2.40. The van der Waals surface area contributed by atoms with Crippen molar-refractivity contribution in [3.05, 3.63) is 24.0 Å². The summed E-state index contributed by atoms with van der Waals surface area (Å²) in [6, 6.07) is 6.30. The lowest BCUT2D eigenvalue weighted by Crippen LogP contribution is -2.30. The van der Waals surface area contributed by atoms with Crippen LogP contribution in [0.15, 0.2) is 18.3 Å². The Labute approximate surface area is 101 Å². The fourth-order valence-electron chi connectivity index (χ4n) is 3.20. The van der Waals surface area contributed by atoms with Crippen molar-refractivity contribution in [2.24, 2.45) is 17.6 Å². The van der Waals surface area contributed by atoms with Gasteiger partial charge in [-0.3, -0.25) is 0 Å². The predicted molar refractivity (Wildman–Crippen MR) is 65.4 cm³/mol. The van der Waals surface area contributed by atoms with Gasteiger partial charge in [0, 0.05) is 31.0 Å². The summed E-state index contributed by atoms with van der Waals surface area (Å²) in [5.74, 6) is 1.37. The molecule has 0 amide bonds. The molecule has 88 valence electrons. The molecule has 1 aromatic heterocycles. The first-order valence-electron chi connectivity index (χ1n) is 6.14. The van der Waals surface area contributed by atoms with E-state index in [1.165, 1.54) is 12.8 Å². The van der Waals surface area contributed by atoms with Gasteiger partial charge < -0.3 is 10.6 Å². The number of nitrogens with two attached hydrogens (primary N) is 1. The maximum atomic E-state index is 8.86. The van der Waals surface area contributed by atoms with Crippen molar-refractivity contribution in [3.63, 3.8) is 0 Å². The summed E-state index contributed by atoms with van der Waals surface area (Å²) in [4.78, 5) is 6.35. The maximum absolute atomic E-state index is 8.86. The van der Waals surface area contributed by atoms with Gasteiger partial charge >= 0.3 is 0 Å². The Morgan fingerprint density at radius 1 is 1.41 bits per heavy atom. The average Bonchev–Trinajstić information content (AvgIpc) is 2.92. The number of pyridine rings is 1. The molecule has 3 unspecified atom stereocenters. The summed E-state index contributed by atoms with van der Waals surface area (Å²) < 4.78 is 0. The van der Waals surface area contributed by atoms with Crippen LogP contribution in [0.3, 0.4) is 0 Å². The molecule has 2 fully saturated rings. The molecule has 1 saturated carbocycles. The van der Waals surface area contributed by atoms with E-state index in [1.54, 1.807) is 6.20 Å². The SMILES string of the molecule is N#Cc1cc(N2CC3CCC(N)C3C2)ccn1. The molecular weight excluding hydrogens is 212 g/mol. The van der Waals surface area contributed by atoms with E-state index in [2.05, 4.69) is 16.0 Å². The summed E-state index contributed by atoms with van der Waals surface area (Å²) in [7, 11) is 0. The first-order valence-corrected chi connectivity index (χ1v) is 6.14. The van der Waals surface area contributed by atoms with Gasteiger partial charge in [-0.2, -0.15) is 5.26 Å². The second kappa shape index (κ2) is 4.01. The third-order valence-electron chi connectivity index (χ3n) is 4.14. The highest BCUT2D eigenvalue weighted by molar-refractivity contribution is 5.50. The van der Waals surface area contributed by atoms with Gasteiger partial charge in [0.05, 0.1) is 0 Å². The number of anilines is 1. The van der Waals surface area contributed by atoms with E-state index >= 15 is 0 Å². The van der Waals surface area contributed by atoms with Crippen molar-refractivity contribution in [3.8, 4) is 6.07 Å². The number of hydrogen-bond donors (Lipinski definition) is 1. The third kappa shape index (κ3) is 1.77. The van der Waals surface area contributed by atoms with Crippen LogP contribution in [0.4, 0.5) is 5.69 Å². The van der Waals surface area contributed by atoms with Gasteiger partial charge in [0.1, 0.15) is 11.8 Å². The molecule has 4 heteroatoms. The molecule has 1 aliphatic carbocycles. The molecule has 3 rings (SSSR count). The summed E-state index contributed by atoms with van der Waals surface area (Å²) in [6.45, 7) is 2.11. The molecule has 1 aromatic rings. The molecule has 0 spiro atoms.